The van der Waals surface area contributed by atoms with Crippen molar-refractivity contribution in [2.75, 3.05) is 11.0 Å². The number of alkyl halides is 1. The van der Waals surface area contributed by atoms with Crippen LogP contribution in [0.4, 0.5) is 5.69 Å². The van der Waals surface area contributed by atoms with E-state index in [2.05, 4.69) is 32.9 Å². The van der Waals surface area contributed by atoms with Gasteiger partial charge in [-0.25, -0.2) is 0 Å². The standard InChI is InChI=1S/C8H10IN3O3/c9-2-1-3-10-8(13)7-4-6(5-11-7)12(14)15/h4-5,11H,1-3H2,(H,10,13). The molecule has 0 aromatic carbocycles. The molecule has 7 heteroatoms. The minimum Gasteiger partial charge on any atom is -0.351 e. The van der Waals surface area contributed by atoms with Crippen LogP contribution >= 0.6 is 22.6 Å². The van der Waals surface area contributed by atoms with Crippen LogP contribution in [-0.4, -0.2) is 26.8 Å². The molecule has 0 aliphatic carbocycles. The van der Waals surface area contributed by atoms with Gasteiger partial charge in [0.15, 0.2) is 0 Å². The Balaban J connectivity index is 2.54. The van der Waals surface area contributed by atoms with E-state index in [1.165, 1.54) is 12.3 Å². The maximum atomic E-state index is 11.4. The van der Waals surface area contributed by atoms with E-state index in [9.17, 15) is 14.9 Å². The average Bonchev–Trinajstić information content (AvgIpc) is 2.66. The number of rotatable bonds is 5. The van der Waals surface area contributed by atoms with Gasteiger partial charge in [-0.1, -0.05) is 22.6 Å². The van der Waals surface area contributed by atoms with Crippen LogP contribution in [-0.2, 0) is 0 Å². The number of carbonyl (C=O) groups excluding carboxylic acids is 1. The van der Waals surface area contributed by atoms with E-state index in [1.54, 1.807) is 0 Å². The van der Waals surface area contributed by atoms with Crippen molar-refractivity contribution in [3.63, 3.8) is 0 Å². The van der Waals surface area contributed by atoms with Crippen LogP contribution in [0.15, 0.2) is 12.3 Å². The summed E-state index contributed by atoms with van der Waals surface area (Å²) in [5, 5.41) is 13.0. The molecule has 1 amide bonds. The number of aromatic amines is 1. The molecular formula is C8H10IN3O3. The second kappa shape index (κ2) is 5.69. The van der Waals surface area contributed by atoms with Crippen LogP contribution in [0.3, 0.4) is 0 Å². The molecule has 0 saturated heterocycles. The molecule has 6 nitrogen and oxygen atoms in total. The number of nitro groups is 1. The molecule has 15 heavy (non-hydrogen) atoms. The maximum Gasteiger partial charge on any atom is 0.287 e. The van der Waals surface area contributed by atoms with E-state index in [4.69, 9.17) is 0 Å². The van der Waals surface area contributed by atoms with Crippen molar-refractivity contribution >= 4 is 34.2 Å². The number of nitrogens with one attached hydrogen (secondary N) is 2. The van der Waals surface area contributed by atoms with Gasteiger partial charge in [0.05, 0.1) is 11.1 Å². The van der Waals surface area contributed by atoms with Crippen LogP contribution in [0, 0.1) is 10.1 Å². The Morgan fingerprint density at radius 1 is 1.67 bits per heavy atom. The lowest BCUT2D eigenvalue weighted by Gasteiger charge is -2.00. The summed E-state index contributed by atoms with van der Waals surface area (Å²) in [6.07, 6.45) is 2.09. The van der Waals surface area contributed by atoms with Crippen molar-refractivity contribution in [3.8, 4) is 0 Å². The molecule has 1 aromatic heterocycles. The third kappa shape index (κ3) is 3.50. The fraction of sp³-hybridized carbons (Fsp3) is 0.375. The van der Waals surface area contributed by atoms with Crippen molar-refractivity contribution in [2.45, 2.75) is 6.42 Å². The summed E-state index contributed by atoms with van der Waals surface area (Å²) in [4.78, 5) is 23.8. The Kier molecular flexibility index (Phi) is 4.53. The van der Waals surface area contributed by atoms with E-state index in [0.717, 1.165) is 10.8 Å². The van der Waals surface area contributed by atoms with Crippen LogP contribution in [0.5, 0.6) is 0 Å². The first kappa shape index (κ1) is 12.0. The lowest BCUT2D eigenvalue weighted by atomic mass is 10.3. The number of nitrogens with zero attached hydrogens (tertiary/aromatic N) is 1. The lowest BCUT2D eigenvalue weighted by molar-refractivity contribution is -0.384. The number of amides is 1. The highest BCUT2D eigenvalue weighted by molar-refractivity contribution is 14.1. The van der Waals surface area contributed by atoms with Crippen molar-refractivity contribution in [1.82, 2.24) is 10.3 Å². The van der Waals surface area contributed by atoms with Gasteiger partial charge < -0.3 is 10.3 Å². The summed E-state index contributed by atoms with van der Waals surface area (Å²) in [6.45, 7) is 0.578. The normalized spacial score (nSPS) is 9.93. The number of H-pyrrole nitrogens is 1. The van der Waals surface area contributed by atoms with E-state index in [0.29, 0.717) is 6.54 Å². The summed E-state index contributed by atoms with van der Waals surface area (Å²) < 4.78 is 0.961. The van der Waals surface area contributed by atoms with E-state index in [1.807, 2.05) is 0 Å². The van der Waals surface area contributed by atoms with Gasteiger partial charge in [-0.3, -0.25) is 14.9 Å². The molecule has 1 heterocycles. The fourth-order valence-electron chi connectivity index (χ4n) is 0.983. The van der Waals surface area contributed by atoms with Crippen LogP contribution in [0.25, 0.3) is 0 Å². The molecule has 0 aliphatic rings. The maximum absolute atomic E-state index is 11.4. The van der Waals surface area contributed by atoms with Crippen LogP contribution < -0.4 is 5.32 Å². The van der Waals surface area contributed by atoms with Gasteiger partial charge >= 0.3 is 0 Å². The van der Waals surface area contributed by atoms with Crippen LogP contribution in [0.1, 0.15) is 16.9 Å². The van der Waals surface area contributed by atoms with Gasteiger partial charge in [0.1, 0.15) is 5.69 Å². The topological polar surface area (TPSA) is 88.0 Å². The van der Waals surface area contributed by atoms with Gasteiger partial charge in [0, 0.05) is 17.0 Å². The fourth-order valence-corrected chi connectivity index (χ4v) is 1.36. The van der Waals surface area contributed by atoms with Crippen LogP contribution in [0.2, 0.25) is 0 Å². The first-order chi connectivity index (χ1) is 7.15. The molecular weight excluding hydrogens is 313 g/mol. The average molecular weight is 323 g/mol. The number of aromatic nitrogens is 1. The molecule has 0 radical (unpaired) electrons. The van der Waals surface area contributed by atoms with Gasteiger partial charge in [-0.2, -0.15) is 0 Å². The zero-order chi connectivity index (χ0) is 11.3. The molecule has 0 fully saturated rings. The smallest absolute Gasteiger partial charge is 0.287 e. The Hall–Kier alpha value is -1.12. The second-order valence-electron chi connectivity index (χ2n) is 2.83. The van der Waals surface area contributed by atoms with Gasteiger partial charge in [0.2, 0.25) is 0 Å². The molecule has 0 spiro atoms. The molecule has 0 saturated carbocycles. The van der Waals surface area contributed by atoms with Crippen molar-refractivity contribution in [1.29, 1.82) is 0 Å². The number of halogens is 1. The summed E-state index contributed by atoms with van der Waals surface area (Å²) in [5.41, 5.74) is 0.115. The minimum absolute atomic E-state index is 0.103. The zero-order valence-electron chi connectivity index (χ0n) is 7.83. The minimum atomic E-state index is -0.544. The van der Waals surface area contributed by atoms with E-state index in [-0.39, 0.29) is 17.3 Å². The van der Waals surface area contributed by atoms with Crippen molar-refractivity contribution in [2.24, 2.45) is 0 Å². The SMILES string of the molecule is O=C(NCCCI)c1cc([N+](=O)[O-])c[nH]1. The predicted molar refractivity (Wildman–Crippen MR) is 63.3 cm³/mol. The van der Waals surface area contributed by atoms with Gasteiger partial charge in [-0.05, 0) is 6.42 Å². The number of carbonyl (C=O) groups is 1. The Bertz CT molecular complexity index is 364. The highest BCUT2D eigenvalue weighted by Gasteiger charge is 2.13. The quantitative estimate of drug-likeness (QED) is 0.283. The van der Waals surface area contributed by atoms with E-state index < -0.39 is 4.92 Å². The largest absolute Gasteiger partial charge is 0.351 e. The number of hydrogen-bond donors (Lipinski definition) is 2. The summed E-state index contributed by atoms with van der Waals surface area (Å²) in [7, 11) is 0. The Morgan fingerprint density at radius 2 is 2.40 bits per heavy atom. The third-order valence-electron chi connectivity index (χ3n) is 1.72. The van der Waals surface area contributed by atoms with Crippen molar-refractivity contribution < 1.29 is 9.72 Å². The molecule has 82 valence electrons. The molecule has 2 N–H and O–H groups in total. The Morgan fingerprint density at radius 3 is 2.93 bits per heavy atom. The highest BCUT2D eigenvalue weighted by Crippen LogP contribution is 2.11. The molecule has 0 bridgehead atoms. The predicted octanol–water partition coefficient (Wildman–Crippen LogP) is 1.48. The highest BCUT2D eigenvalue weighted by atomic mass is 127. The Labute approximate surface area is 99.7 Å². The third-order valence-corrected chi connectivity index (χ3v) is 2.48. The summed E-state index contributed by atoms with van der Waals surface area (Å²) in [6, 6.07) is 1.22. The summed E-state index contributed by atoms with van der Waals surface area (Å²) in [5.74, 6) is -0.312. The van der Waals surface area contributed by atoms with Gasteiger partial charge in [-0.15, -0.1) is 0 Å². The molecule has 1 rings (SSSR count). The summed E-state index contributed by atoms with van der Waals surface area (Å²) >= 11 is 2.21. The second-order valence-corrected chi connectivity index (χ2v) is 3.91. The van der Waals surface area contributed by atoms with Crippen molar-refractivity contribution in [3.05, 3.63) is 28.1 Å². The lowest BCUT2D eigenvalue weighted by Crippen LogP contribution is -2.24. The zero-order valence-corrected chi connectivity index (χ0v) is 9.98. The monoisotopic (exact) mass is 323 g/mol. The molecule has 0 unspecified atom stereocenters. The number of hydrogen-bond acceptors (Lipinski definition) is 3. The molecule has 1 aromatic rings. The van der Waals surface area contributed by atoms with E-state index >= 15 is 0 Å². The molecule has 0 atom stereocenters. The first-order valence-corrected chi connectivity index (χ1v) is 5.84. The first-order valence-electron chi connectivity index (χ1n) is 4.32. The molecule has 0 aliphatic heterocycles. The van der Waals surface area contributed by atoms with Gasteiger partial charge in [0.25, 0.3) is 11.6 Å².